The van der Waals surface area contributed by atoms with Gasteiger partial charge >= 0.3 is 0 Å². The molecule has 0 atom stereocenters. The van der Waals surface area contributed by atoms with Gasteiger partial charge in [-0.05, 0) is 42.8 Å². The number of H-pyrrole nitrogens is 1. The zero-order valence-electron chi connectivity index (χ0n) is 16.4. The van der Waals surface area contributed by atoms with Gasteiger partial charge in [-0.3, -0.25) is 9.69 Å². The predicted octanol–water partition coefficient (Wildman–Crippen LogP) is 3.31. The van der Waals surface area contributed by atoms with E-state index in [1.807, 2.05) is 48.5 Å². The largest absolute Gasteiger partial charge is 0.379 e. The van der Waals surface area contributed by atoms with Gasteiger partial charge in [0.2, 0.25) is 0 Å². The predicted molar refractivity (Wildman–Crippen MR) is 116 cm³/mol. The van der Waals surface area contributed by atoms with E-state index in [1.165, 1.54) is 5.56 Å². The molecule has 1 fully saturated rings. The Balaban J connectivity index is 1.21. The van der Waals surface area contributed by atoms with Crippen LogP contribution in [-0.2, 0) is 10.5 Å². The van der Waals surface area contributed by atoms with Crippen LogP contribution in [0.15, 0.2) is 53.7 Å². The molecule has 3 aromatic rings. The van der Waals surface area contributed by atoms with E-state index in [4.69, 9.17) is 4.74 Å². The Morgan fingerprint density at radius 1 is 1.14 bits per heavy atom. The van der Waals surface area contributed by atoms with Gasteiger partial charge in [0.25, 0.3) is 5.91 Å². The van der Waals surface area contributed by atoms with E-state index in [-0.39, 0.29) is 5.91 Å². The minimum atomic E-state index is -0.0107. The zero-order chi connectivity index (χ0) is 19.9. The molecule has 1 amide bonds. The van der Waals surface area contributed by atoms with Crippen LogP contribution in [0.1, 0.15) is 22.3 Å². The highest BCUT2D eigenvalue weighted by atomic mass is 32.2. The molecule has 0 aliphatic carbocycles. The smallest absolute Gasteiger partial charge is 0.251 e. The van der Waals surface area contributed by atoms with E-state index in [9.17, 15) is 4.79 Å². The highest BCUT2D eigenvalue weighted by molar-refractivity contribution is 7.98. The van der Waals surface area contributed by atoms with Crippen LogP contribution in [-0.4, -0.2) is 60.2 Å². The Morgan fingerprint density at radius 3 is 2.72 bits per heavy atom. The second-order valence-electron chi connectivity index (χ2n) is 7.11. The zero-order valence-corrected chi connectivity index (χ0v) is 17.2. The van der Waals surface area contributed by atoms with Crippen LogP contribution in [0, 0.1) is 0 Å². The summed E-state index contributed by atoms with van der Waals surface area (Å²) in [4.78, 5) is 22.6. The Labute approximate surface area is 175 Å². The summed E-state index contributed by atoms with van der Waals surface area (Å²) in [5.74, 6) is 0.796. The molecule has 2 N–H and O–H groups in total. The Morgan fingerprint density at radius 2 is 1.93 bits per heavy atom. The lowest BCUT2D eigenvalue weighted by Crippen LogP contribution is -2.38. The molecule has 0 unspecified atom stereocenters. The van der Waals surface area contributed by atoms with Crippen molar-refractivity contribution in [2.75, 3.05) is 39.4 Å². The molecule has 29 heavy (non-hydrogen) atoms. The summed E-state index contributed by atoms with van der Waals surface area (Å²) in [6.45, 7) is 5.30. The number of para-hydroxylation sites is 2. The number of morpholine rings is 1. The maximum absolute atomic E-state index is 12.3. The van der Waals surface area contributed by atoms with Crippen molar-refractivity contribution < 1.29 is 9.53 Å². The summed E-state index contributed by atoms with van der Waals surface area (Å²) in [7, 11) is 0. The third kappa shape index (κ3) is 5.59. The number of carbonyl (C=O) groups is 1. The van der Waals surface area contributed by atoms with Crippen molar-refractivity contribution in [3.05, 3.63) is 59.7 Å². The van der Waals surface area contributed by atoms with Crippen LogP contribution in [0.4, 0.5) is 0 Å². The highest BCUT2D eigenvalue weighted by Crippen LogP contribution is 2.23. The normalized spacial score (nSPS) is 14.9. The van der Waals surface area contributed by atoms with Gasteiger partial charge in [-0.25, -0.2) is 4.98 Å². The van der Waals surface area contributed by atoms with E-state index in [1.54, 1.807) is 11.8 Å². The minimum Gasteiger partial charge on any atom is -0.379 e. The van der Waals surface area contributed by atoms with Gasteiger partial charge in [0.05, 0.1) is 24.2 Å². The van der Waals surface area contributed by atoms with Crippen molar-refractivity contribution in [1.29, 1.82) is 0 Å². The molecule has 6 nitrogen and oxygen atoms in total. The molecule has 7 heteroatoms. The van der Waals surface area contributed by atoms with Crippen LogP contribution in [0.5, 0.6) is 0 Å². The molecule has 0 saturated carbocycles. The van der Waals surface area contributed by atoms with Crippen LogP contribution in [0.2, 0.25) is 0 Å². The number of fused-ring (bicyclic) bond motifs is 1. The lowest BCUT2D eigenvalue weighted by molar-refractivity contribution is 0.0374. The fourth-order valence-electron chi connectivity index (χ4n) is 3.33. The first kappa shape index (κ1) is 19.9. The van der Waals surface area contributed by atoms with Crippen LogP contribution < -0.4 is 5.32 Å². The van der Waals surface area contributed by atoms with Gasteiger partial charge < -0.3 is 15.0 Å². The van der Waals surface area contributed by atoms with Gasteiger partial charge in [-0.15, -0.1) is 0 Å². The van der Waals surface area contributed by atoms with Gasteiger partial charge in [0.1, 0.15) is 0 Å². The summed E-state index contributed by atoms with van der Waals surface area (Å²) in [6.07, 6.45) is 0.956. The van der Waals surface area contributed by atoms with Crippen molar-refractivity contribution in [2.45, 2.75) is 17.3 Å². The lowest BCUT2D eigenvalue weighted by atomic mass is 10.1. The number of aromatic amines is 1. The lowest BCUT2D eigenvalue weighted by Gasteiger charge is -2.26. The summed E-state index contributed by atoms with van der Waals surface area (Å²) < 4.78 is 5.35. The third-order valence-corrected chi connectivity index (χ3v) is 5.94. The van der Waals surface area contributed by atoms with E-state index in [0.717, 1.165) is 61.2 Å². The van der Waals surface area contributed by atoms with Crippen LogP contribution in [0.3, 0.4) is 0 Å². The maximum Gasteiger partial charge on any atom is 0.251 e. The topological polar surface area (TPSA) is 70.2 Å². The summed E-state index contributed by atoms with van der Waals surface area (Å²) in [6, 6.07) is 15.8. The first-order valence-corrected chi connectivity index (χ1v) is 11.0. The Hall–Kier alpha value is -2.35. The number of benzene rings is 2. The number of thioether (sulfide) groups is 1. The number of imidazole rings is 1. The molecule has 1 saturated heterocycles. The van der Waals surface area contributed by atoms with Gasteiger partial charge in [-0.2, -0.15) is 0 Å². The molecule has 0 spiro atoms. The highest BCUT2D eigenvalue weighted by Gasteiger charge is 2.10. The number of nitrogens with zero attached hydrogens (tertiary/aromatic N) is 2. The number of aromatic nitrogens is 2. The Kier molecular flexibility index (Phi) is 6.82. The molecule has 1 aromatic heterocycles. The maximum atomic E-state index is 12.3. The molecule has 2 aromatic carbocycles. The minimum absolute atomic E-state index is 0.0107. The van der Waals surface area contributed by atoms with Gasteiger partial charge in [0.15, 0.2) is 5.16 Å². The average Bonchev–Trinajstić information content (AvgIpc) is 3.19. The molecule has 1 aliphatic heterocycles. The summed E-state index contributed by atoms with van der Waals surface area (Å²) in [5, 5.41) is 3.92. The second kappa shape index (κ2) is 9.91. The van der Waals surface area contributed by atoms with E-state index in [0.29, 0.717) is 12.1 Å². The molecular formula is C22H26N4O2S. The SMILES string of the molecule is O=C(NCCCN1CCOCC1)c1ccc(CSc2nc3ccccc3[nH]2)cc1. The average molecular weight is 411 g/mol. The molecular weight excluding hydrogens is 384 g/mol. The fraction of sp³-hybridized carbons (Fsp3) is 0.364. The van der Waals surface area contributed by atoms with E-state index >= 15 is 0 Å². The number of amides is 1. The fourth-order valence-corrected chi connectivity index (χ4v) is 4.17. The molecule has 1 aliphatic rings. The third-order valence-electron chi connectivity index (χ3n) is 5.00. The molecule has 2 heterocycles. The van der Waals surface area contributed by atoms with E-state index in [2.05, 4.69) is 20.2 Å². The number of nitrogens with one attached hydrogen (secondary N) is 2. The standard InChI is InChI=1S/C22H26N4O2S/c27-21(23-10-3-11-26-12-14-28-15-13-26)18-8-6-17(7-9-18)16-29-22-24-19-4-1-2-5-20(19)25-22/h1-2,4-9H,3,10-16H2,(H,23,27)(H,24,25). The number of ether oxygens (including phenoxy) is 1. The number of rotatable bonds is 8. The van der Waals surface area contributed by atoms with Crippen LogP contribution >= 0.6 is 11.8 Å². The summed E-state index contributed by atoms with van der Waals surface area (Å²) >= 11 is 1.66. The molecule has 0 radical (unpaired) electrons. The van der Waals surface area contributed by atoms with Crippen molar-refractivity contribution >= 4 is 28.7 Å². The second-order valence-corrected chi connectivity index (χ2v) is 8.07. The van der Waals surface area contributed by atoms with Gasteiger partial charge in [-0.1, -0.05) is 36.0 Å². The van der Waals surface area contributed by atoms with Crippen molar-refractivity contribution in [3.8, 4) is 0 Å². The van der Waals surface area contributed by atoms with Crippen molar-refractivity contribution in [2.24, 2.45) is 0 Å². The van der Waals surface area contributed by atoms with Crippen molar-refractivity contribution in [3.63, 3.8) is 0 Å². The number of carbonyl (C=O) groups excluding carboxylic acids is 1. The Bertz CT molecular complexity index is 902. The van der Waals surface area contributed by atoms with Crippen LogP contribution in [0.25, 0.3) is 11.0 Å². The molecule has 4 rings (SSSR count). The monoisotopic (exact) mass is 410 g/mol. The summed E-state index contributed by atoms with van der Waals surface area (Å²) in [5.41, 5.74) is 3.90. The van der Waals surface area contributed by atoms with Gasteiger partial charge in [0, 0.05) is 31.0 Å². The van der Waals surface area contributed by atoms with Crippen molar-refractivity contribution in [1.82, 2.24) is 20.2 Å². The first-order chi connectivity index (χ1) is 14.3. The first-order valence-electron chi connectivity index (χ1n) is 10.0. The number of hydrogen-bond acceptors (Lipinski definition) is 5. The number of hydrogen-bond donors (Lipinski definition) is 2. The molecule has 152 valence electrons. The molecule has 0 bridgehead atoms. The quantitative estimate of drug-likeness (QED) is 0.440. The van der Waals surface area contributed by atoms with E-state index < -0.39 is 0 Å².